The Bertz CT molecular complexity index is 1950. The molecule has 6 nitrogen and oxygen atoms in total. The van der Waals surface area contributed by atoms with Gasteiger partial charge in [0.05, 0.1) is 34.1 Å². The highest BCUT2D eigenvalue weighted by Gasteiger charge is 2.18. The van der Waals surface area contributed by atoms with Crippen LogP contribution in [0, 0.1) is 27.7 Å². The van der Waals surface area contributed by atoms with E-state index in [4.69, 9.17) is 0 Å². The predicted molar refractivity (Wildman–Crippen MR) is 199 cm³/mol. The molecule has 0 aromatic heterocycles. The first kappa shape index (κ1) is 32.6. The molecule has 0 unspecified atom stereocenters. The average Bonchev–Trinajstić information content (AvgIpc) is 3.39. The molecular weight excluding hydrogens is 589 g/mol. The Morgan fingerprint density at radius 3 is 0.979 bits per heavy atom. The number of hydrogen-bond donors (Lipinski definition) is 0. The van der Waals surface area contributed by atoms with Crippen molar-refractivity contribution in [3.63, 3.8) is 0 Å². The van der Waals surface area contributed by atoms with E-state index in [9.17, 15) is 0 Å². The summed E-state index contributed by atoms with van der Waals surface area (Å²) in [6, 6.07) is 32.8. The Morgan fingerprint density at radius 2 is 0.667 bits per heavy atom. The summed E-state index contributed by atoms with van der Waals surface area (Å²) in [5.41, 5.74) is 17.0. The molecule has 0 spiro atoms. The van der Waals surface area contributed by atoms with Crippen molar-refractivity contribution in [1.29, 1.82) is 0 Å². The number of rotatable bonds is 8. The smallest absolute Gasteiger partial charge is 0.0940 e. The number of fused-ring (bicyclic) bond motifs is 2. The van der Waals surface area contributed by atoms with Gasteiger partial charge < -0.3 is 0 Å². The van der Waals surface area contributed by atoms with Gasteiger partial charge in [0.25, 0.3) is 0 Å². The fourth-order valence-electron chi connectivity index (χ4n) is 6.01. The Balaban J connectivity index is 1.12. The van der Waals surface area contributed by atoms with Crippen molar-refractivity contribution in [3.05, 3.63) is 130 Å². The second-order valence-corrected chi connectivity index (χ2v) is 13.3. The number of benzene rings is 2. The molecule has 0 fully saturated rings. The van der Waals surface area contributed by atoms with E-state index in [1.807, 2.05) is 48.5 Å². The molecule has 240 valence electrons. The van der Waals surface area contributed by atoms with Gasteiger partial charge in [-0.25, -0.2) is 0 Å². The van der Waals surface area contributed by atoms with Crippen molar-refractivity contribution < 1.29 is 0 Å². The van der Waals surface area contributed by atoms with Crippen molar-refractivity contribution in [2.24, 2.45) is 30.7 Å². The summed E-state index contributed by atoms with van der Waals surface area (Å²) < 4.78 is 0. The summed E-state index contributed by atoms with van der Waals surface area (Å²) in [5.74, 6) is 0.916. The lowest BCUT2D eigenvalue weighted by Gasteiger charge is -2.03. The molecule has 0 aliphatic heterocycles. The average molecular weight is 631 g/mol. The van der Waals surface area contributed by atoms with Crippen molar-refractivity contribution in [2.75, 3.05) is 0 Å². The molecule has 0 heterocycles. The Morgan fingerprint density at radius 1 is 0.354 bits per heavy atom. The van der Waals surface area contributed by atoms with Gasteiger partial charge in [-0.3, -0.25) is 0 Å². The van der Waals surface area contributed by atoms with E-state index in [0.717, 1.165) is 45.3 Å². The van der Waals surface area contributed by atoms with Gasteiger partial charge in [0.15, 0.2) is 0 Å². The monoisotopic (exact) mass is 630 g/mol. The van der Waals surface area contributed by atoms with Gasteiger partial charge >= 0.3 is 0 Å². The molecule has 6 rings (SSSR count). The van der Waals surface area contributed by atoms with Crippen LogP contribution in [0.4, 0.5) is 34.1 Å². The largest absolute Gasteiger partial charge is 0.151 e. The van der Waals surface area contributed by atoms with E-state index in [2.05, 4.69) is 135 Å². The van der Waals surface area contributed by atoms with Crippen molar-refractivity contribution in [3.8, 4) is 22.3 Å². The predicted octanol–water partition coefficient (Wildman–Crippen LogP) is 14.6. The molecule has 2 aromatic rings. The number of nitrogens with zero attached hydrogens (tertiary/aromatic N) is 6. The lowest BCUT2D eigenvalue weighted by molar-refractivity contribution is 0.868. The van der Waals surface area contributed by atoms with Crippen LogP contribution >= 0.6 is 0 Å². The van der Waals surface area contributed by atoms with Crippen LogP contribution in [-0.4, -0.2) is 0 Å². The molecule has 0 amide bonds. The summed E-state index contributed by atoms with van der Waals surface area (Å²) in [4.78, 5) is 0. The van der Waals surface area contributed by atoms with Crippen LogP contribution in [0.5, 0.6) is 0 Å². The molecular formula is C42H42N6. The fourth-order valence-corrected chi connectivity index (χ4v) is 6.01. The third kappa shape index (κ3) is 6.98. The van der Waals surface area contributed by atoms with Crippen molar-refractivity contribution in [2.45, 2.75) is 67.2 Å². The quantitative estimate of drug-likeness (QED) is 0.150. The summed E-state index contributed by atoms with van der Waals surface area (Å²) in [6.07, 6.45) is 0. The first-order valence-electron chi connectivity index (χ1n) is 16.6. The summed E-state index contributed by atoms with van der Waals surface area (Å²) in [6.45, 7) is 17.4. The van der Waals surface area contributed by atoms with Gasteiger partial charge in [0.2, 0.25) is 0 Å². The molecule has 6 heteroatoms. The van der Waals surface area contributed by atoms with E-state index >= 15 is 0 Å². The Labute approximate surface area is 284 Å². The molecule has 0 saturated heterocycles. The third-order valence-electron chi connectivity index (χ3n) is 8.93. The standard InChI is InChI=1S/C42H42N6/c1-25(2)31-11-9-27(5)41-37(23-31)29(7)21-39(41)47-45-35-17-13-33(14-18-35)43-44-34-15-19-36(20-16-34)46-48-40-22-30(8)38-24-32(26(3)4)12-10-28(6)42(38)40/h9-26H,1-8H3. The lowest BCUT2D eigenvalue weighted by Crippen LogP contribution is -1.83. The number of hydrogen-bond acceptors (Lipinski definition) is 6. The molecule has 0 radical (unpaired) electrons. The molecule has 4 aliphatic rings. The van der Waals surface area contributed by atoms with Gasteiger partial charge in [0.1, 0.15) is 0 Å². The highest BCUT2D eigenvalue weighted by molar-refractivity contribution is 5.86. The maximum absolute atomic E-state index is 4.64. The minimum atomic E-state index is 0.458. The van der Waals surface area contributed by atoms with Gasteiger partial charge in [-0.2, -0.15) is 20.5 Å². The Hall–Kier alpha value is -5.36. The van der Waals surface area contributed by atoms with Crippen molar-refractivity contribution >= 4 is 34.1 Å². The number of aryl methyl sites for hydroxylation is 4. The molecule has 0 atom stereocenters. The zero-order valence-electron chi connectivity index (χ0n) is 29.1. The lowest BCUT2D eigenvalue weighted by atomic mass is 10.0. The van der Waals surface area contributed by atoms with E-state index in [0.29, 0.717) is 11.8 Å². The fraction of sp³-hybridized carbons (Fsp3) is 0.238. The van der Waals surface area contributed by atoms with E-state index in [1.165, 1.54) is 44.5 Å². The summed E-state index contributed by atoms with van der Waals surface area (Å²) >= 11 is 0. The van der Waals surface area contributed by atoms with E-state index in [-0.39, 0.29) is 0 Å². The second-order valence-electron chi connectivity index (χ2n) is 13.3. The van der Waals surface area contributed by atoms with Crippen LogP contribution in [0.3, 0.4) is 0 Å². The van der Waals surface area contributed by atoms with Gasteiger partial charge in [-0.1, -0.05) is 64.1 Å². The summed E-state index contributed by atoms with van der Waals surface area (Å²) in [7, 11) is 0. The SMILES string of the molecule is Cc1cc(N=Nc2ccc(N=Nc3ccc(N=Nc4cc(C)c5cc(C(C)C)ccc(C)c4-5)cc3)cc2)c2c(C)ccc(C(C)C)cc1-2. The van der Waals surface area contributed by atoms with Crippen LogP contribution < -0.4 is 0 Å². The first-order chi connectivity index (χ1) is 23.1. The van der Waals surface area contributed by atoms with Crippen LogP contribution in [0.25, 0.3) is 22.3 Å². The van der Waals surface area contributed by atoms with E-state index in [1.54, 1.807) is 0 Å². The van der Waals surface area contributed by atoms with Gasteiger partial charge in [-0.05, 0) is 145 Å². The molecule has 0 N–H and O–H groups in total. The minimum Gasteiger partial charge on any atom is -0.151 e. The number of azo groups is 3. The summed E-state index contributed by atoms with van der Waals surface area (Å²) in [5, 5.41) is 27.2. The molecule has 48 heavy (non-hydrogen) atoms. The normalized spacial score (nSPS) is 12.3. The maximum Gasteiger partial charge on any atom is 0.0940 e. The van der Waals surface area contributed by atoms with Gasteiger partial charge in [-0.15, -0.1) is 10.2 Å². The molecule has 0 saturated carbocycles. The zero-order chi connectivity index (χ0) is 33.9. The second kappa shape index (κ2) is 13.8. The van der Waals surface area contributed by atoms with E-state index < -0.39 is 0 Å². The van der Waals surface area contributed by atoms with Crippen LogP contribution in [-0.2, 0) is 0 Å². The minimum absolute atomic E-state index is 0.458. The zero-order valence-corrected chi connectivity index (χ0v) is 29.1. The molecule has 2 aromatic carbocycles. The van der Waals surface area contributed by atoms with Gasteiger partial charge in [0, 0.05) is 11.1 Å². The molecule has 0 bridgehead atoms. The third-order valence-corrected chi connectivity index (χ3v) is 8.93. The topological polar surface area (TPSA) is 74.2 Å². The highest BCUT2D eigenvalue weighted by Crippen LogP contribution is 2.43. The maximum atomic E-state index is 4.64. The van der Waals surface area contributed by atoms with Crippen LogP contribution in [0.2, 0.25) is 0 Å². The first-order valence-corrected chi connectivity index (χ1v) is 16.6. The van der Waals surface area contributed by atoms with Crippen LogP contribution in [0.15, 0.2) is 128 Å². The highest BCUT2D eigenvalue weighted by atomic mass is 15.1. The van der Waals surface area contributed by atoms with Crippen molar-refractivity contribution in [1.82, 2.24) is 0 Å². The molecule has 4 aliphatic carbocycles. The Kier molecular flexibility index (Phi) is 9.35. The van der Waals surface area contributed by atoms with Crippen LogP contribution in [0.1, 0.15) is 72.9 Å².